The Bertz CT molecular complexity index is 583. The second kappa shape index (κ2) is 5.83. The first-order chi connectivity index (χ1) is 10.7. The van der Waals surface area contributed by atoms with Gasteiger partial charge in [0.2, 0.25) is 0 Å². The summed E-state index contributed by atoms with van der Waals surface area (Å²) in [5.41, 5.74) is 0.228. The van der Waals surface area contributed by atoms with E-state index in [0.29, 0.717) is 5.41 Å². The van der Waals surface area contributed by atoms with Crippen LogP contribution < -0.4 is 5.32 Å². The highest BCUT2D eigenvalue weighted by Crippen LogP contribution is 2.57. The minimum Gasteiger partial charge on any atom is -0.458 e. The Kier molecular flexibility index (Phi) is 4.27. The SMILES string of the molecule is CC(C)(C)OC(=O)COC1(c2ccc(Br)cn2)CC2(CNC2)C1. The number of nitrogens with one attached hydrogen (secondary N) is 1. The Morgan fingerprint density at radius 3 is 2.52 bits per heavy atom. The van der Waals surface area contributed by atoms with Gasteiger partial charge in [-0.05, 0) is 61.7 Å². The second-order valence-corrected chi connectivity index (χ2v) is 8.60. The van der Waals surface area contributed by atoms with Gasteiger partial charge in [-0.15, -0.1) is 0 Å². The van der Waals surface area contributed by atoms with Gasteiger partial charge in [0, 0.05) is 29.2 Å². The average molecular weight is 383 g/mol. The number of pyridine rings is 1. The van der Waals surface area contributed by atoms with E-state index in [1.165, 1.54) is 0 Å². The molecule has 1 aromatic heterocycles. The highest BCUT2D eigenvalue weighted by molar-refractivity contribution is 9.10. The first kappa shape index (κ1) is 16.9. The number of aromatic nitrogens is 1. The molecule has 1 aliphatic carbocycles. The van der Waals surface area contributed by atoms with Crippen molar-refractivity contribution < 1.29 is 14.3 Å². The number of halogens is 1. The van der Waals surface area contributed by atoms with Crippen molar-refractivity contribution in [2.45, 2.75) is 44.8 Å². The van der Waals surface area contributed by atoms with Crippen LogP contribution in [0.2, 0.25) is 0 Å². The summed E-state index contributed by atoms with van der Waals surface area (Å²) in [6, 6.07) is 3.93. The van der Waals surface area contributed by atoms with Gasteiger partial charge in [-0.1, -0.05) is 0 Å². The fourth-order valence-electron chi connectivity index (χ4n) is 3.46. The molecule has 2 aliphatic rings. The summed E-state index contributed by atoms with van der Waals surface area (Å²) in [4.78, 5) is 16.5. The number of carbonyl (C=O) groups excluding carboxylic acids is 1. The zero-order valence-corrected chi connectivity index (χ0v) is 15.4. The standard InChI is InChI=1S/C17H23BrN2O3/c1-15(2,3)23-14(21)7-22-17(8-16(9-17)10-19-11-16)13-5-4-12(18)6-20-13/h4-6,19H,7-11H2,1-3H3. The Morgan fingerprint density at radius 1 is 1.35 bits per heavy atom. The van der Waals surface area contributed by atoms with Crippen molar-refractivity contribution in [3.05, 3.63) is 28.5 Å². The van der Waals surface area contributed by atoms with Gasteiger partial charge in [-0.2, -0.15) is 0 Å². The van der Waals surface area contributed by atoms with Crippen LogP contribution in [0.1, 0.15) is 39.3 Å². The molecule has 5 nitrogen and oxygen atoms in total. The van der Waals surface area contributed by atoms with Crippen LogP contribution in [0.4, 0.5) is 0 Å². The molecule has 1 aliphatic heterocycles. The van der Waals surface area contributed by atoms with Crippen LogP contribution >= 0.6 is 15.9 Å². The minimum atomic E-state index is -0.498. The largest absolute Gasteiger partial charge is 0.458 e. The second-order valence-electron chi connectivity index (χ2n) is 7.69. The molecule has 6 heteroatoms. The van der Waals surface area contributed by atoms with Crippen LogP contribution in [-0.2, 0) is 19.9 Å². The summed E-state index contributed by atoms with van der Waals surface area (Å²) in [6.45, 7) is 7.56. The van der Waals surface area contributed by atoms with E-state index in [4.69, 9.17) is 9.47 Å². The van der Waals surface area contributed by atoms with Crippen molar-refractivity contribution in [1.82, 2.24) is 10.3 Å². The van der Waals surface area contributed by atoms with Crippen molar-refractivity contribution in [3.8, 4) is 0 Å². The average Bonchev–Trinajstić information content (AvgIpc) is 2.35. The molecule has 1 N–H and O–H groups in total. The fourth-order valence-corrected chi connectivity index (χ4v) is 3.69. The monoisotopic (exact) mass is 382 g/mol. The predicted octanol–water partition coefficient (Wildman–Crippen LogP) is 2.78. The molecule has 0 amide bonds. The number of nitrogens with zero attached hydrogens (tertiary/aromatic N) is 1. The summed E-state index contributed by atoms with van der Waals surface area (Å²) >= 11 is 3.41. The van der Waals surface area contributed by atoms with E-state index in [9.17, 15) is 4.79 Å². The molecular formula is C17H23BrN2O3. The zero-order chi connectivity index (χ0) is 16.7. The Labute approximate surface area is 145 Å². The lowest BCUT2D eigenvalue weighted by Crippen LogP contribution is -2.66. The molecule has 0 aromatic carbocycles. The Balaban J connectivity index is 1.70. The molecule has 1 aromatic rings. The van der Waals surface area contributed by atoms with Crippen molar-refractivity contribution in [1.29, 1.82) is 0 Å². The lowest BCUT2D eigenvalue weighted by atomic mass is 9.55. The maximum Gasteiger partial charge on any atom is 0.332 e. The van der Waals surface area contributed by atoms with Crippen LogP contribution in [0.5, 0.6) is 0 Å². The van der Waals surface area contributed by atoms with E-state index in [0.717, 1.165) is 36.1 Å². The summed E-state index contributed by atoms with van der Waals surface area (Å²) < 4.78 is 12.3. The Morgan fingerprint density at radius 2 is 2.04 bits per heavy atom. The molecule has 0 atom stereocenters. The lowest BCUT2D eigenvalue weighted by molar-refractivity contribution is -0.207. The van der Waals surface area contributed by atoms with Gasteiger partial charge in [0.1, 0.15) is 17.8 Å². The number of hydrogen-bond donors (Lipinski definition) is 1. The normalized spacial score (nSPS) is 21.4. The van der Waals surface area contributed by atoms with Crippen LogP contribution in [-0.4, -0.2) is 36.3 Å². The highest BCUT2D eigenvalue weighted by Gasteiger charge is 2.60. The Hall–Kier alpha value is -0.980. The van der Waals surface area contributed by atoms with Crippen LogP contribution in [0.3, 0.4) is 0 Å². The van der Waals surface area contributed by atoms with Crippen LogP contribution in [0.25, 0.3) is 0 Å². The first-order valence-electron chi connectivity index (χ1n) is 7.91. The molecule has 0 radical (unpaired) electrons. The quantitative estimate of drug-likeness (QED) is 0.811. The number of ether oxygens (including phenoxy) is 2. The van der Waals surface area contributed by atoms with E-state index in [1.807, 2.05) is 32.9 Å². The number of carbonyl (C=O) groups is 1. The summed E-state index contributed by atoms with van der Waals surface area (Å²) in [7, 11) is 0. The number of hydrogen-bond acceptors (Lipinski definition) is 5. The van der Waals surface area contributed by atoms with Crippen molar-refractivity contribution in [2.24, 2.45) is 5.41 Å². The third kappa shape index (κ3) is 3.59. The molecular weight excluding hydrogens is 360 g/mol. The third-order valence-corrected chi connectivity index (χ3v) is 4.87. The molecule has 1 saturated heterocycles. The van der Waals surface area contributed by atoms with E-state index in [2.05, 4.69) is 26.2 Å². The zero-order valence-electron chi connectivity index (χ0n) is 13.8. The first-order valence-corrected chi connectivity index (χ1v) is 8.70. The maximum absolute atomic E-state index is 12.0. The molecule has 3 rings (SSSR count). The van der Waals surface area contributed by atoms with Gasteiger partial charge in [-0.3, -0.25) is 4.98 Å². The maximum atomic E-state index is 12.0. The third-order valence-electron chi connectivity index (χ3n) is 4.40. The van der Waals surface area contributed by atoms with Gasteiger partial charge in [0.15, 0.2) is 0 Å². The molecule has 0 bridgehead atoms. The smallest absolute Gasteiger partial charge is 0.332 e. The van der Waals surface area contributed by atoms with E-state index in [-0.39, 0.29) is 12.6 Å². The highest BCUT2D eigenvalue weighted by atomic mass is 79.9. The van der Waals surface area contributed by atoms with Crippen molar-refractivity contribution >= 4 is 21.9 Å². The van der Waals surface area contributed by atoms with Gasteiger partial charge in [0.25, 0.3) is 0 Å². The van der Waals surface area contributed by atoms with Gasteiger partial charge >= 0.3 is 5.97 Å². The molecule has 23 heavy (non-hydrogen) atoms. The minimum absolute atomic E-state index is 0.0431. The van der Waals surface area contributed by atoms with Gasteiger partial charge in [0.05, 0.1) is 5.69 Å². The molecule has 1 saturated carbocycles. The summed E-state index contributed by atoms with van der Waals surface area (Å²) in [6.07, 6.45) is 3.56. The molecule has 0 unspecified atom stereocenters. The van der Waals surface area contributed by atoms with Crippen LogP contribution in [0, 0.1) is 5.41 Å². The number of rotatable bonds is 4. The number of esters is 1. The van der Waals surface area contributed by atoms with Crippen LogP contribution in [0.15, 0.2) is 22.8 Å². The molecule has 1 spiro atoms. The van der Waals surface area contributed by atoms with Crippen molar-refractivity contribution in [2.75, 3.05) is 19.7 Å². The molecule has 2 heterocycles. The van der Waals surface area contributed by atoms with E-state index < -0.39 is 11.2 Å². The van der Waals surface area contributed by atoms with E-state index >= 15 is 0 Å². The van der Waals surface area contributed by atoms with E-state index in [1.54, 1.807) is 6.20 Å². The summed E-state index contributed by atoms with van der Waals surface area (Å²) in [5, 5.41) is 3.32. The molecule has 126 valence electrons. The van der Waals surface area contributed by atoms with Gasteiger partial charge in [-0.25, -0.2) is 4.79 Å². The lowest BCUT2D eigenvalue weighted by Gasteiger charge is -2.60. The topological polar surface area (TPSA) is 60.5 Å². The summed E-state index contributed by atoms with van der Waals surface area (Å²) in [5.74, 6) is -0.332. The fraction of sp³-hybridized carbons (Fsp3) is 0.647. The van der Waals surface area contributed by atoms with Crippen molar-refractivity contribution in [3.63, 3.8) is 0 Å². The predicted molar refractivity (Wildman–Crippen MR) is 89.9 cm³/mol. The molecule has 2 fully saturated rings. The van der Waals surface area contributed by atoms with Gasteiger partial charge < -0.3 is 14.8 Å².